The van der Waals surface area contributed by atoms with Crippen LogP contribution in [-0.4, -0.2) is 30.8 Å². The molecule has 0 spiro atoms. The SMILES string of the molecule is Cc1noc(C)c1-c1cnc2c(-c3ccc(C4(C(=O)O)CC4)cc3)cn([C@@H](C)c3ccccn3)c2c1. The van der Waals surface area contributed by atoms with Crippen molar-refractivity contribution in [1.82, 2.24) is 19.7 Å². The van der Waals surface area contributed by atoms with Gasteiger partial charge in [-0.05, 0) is 62.9 Å². The number of carboxylic acids is 1. The van der Waals surface area contributed by atoms with Gasteiger partial charge in [-0.2, -0.15) is 0 Å². The second kappa shape index (κ2) is 8.16. The van der Waals surface area contributed by atoms with Crippen LogP contribution in [0.4, 0.5) is 0 Å². The molecule has 1 atom stereocenters. The molecule has 6 rings (SSSR count). The predicted octanol–water partition coefficient (Wildman–Crippen LogP) is 6.10. The van der Waals surface area contributed by atoms with Crippen LogP contribution in [0.25, 0.3) is 33.3 Å². The molecule has 1 aliphatic carbocycles. The van der Waals surface area contributed by atoms with Crippen LogP contribution < -0.4 is 0 Å². The number of fused-ring (bicyclic) bond motifs is 1. The number of hydrogen-bond donors (Lipinski definition) is 1. The van der Waals surface area contributed by atoms with E-state index in [1.54, 1.807) is 6.20 Å². The lowest BCUT2D eigenvalue weighted by Crippen LogP contribution is -2.19. The van der Waals surface area contributed by atoms with Gasteiger partial charge in [-0.15, -0.1) is 0 Å². The molecule has 1 aromatic carbocycles. The molecule has 0 radical (unpaired) electrons. The largest absolute Gasteiger partial charge is 0.481 e. The maximum absolute atomic E-state index is 11.8. The summed E-state index contributed by atoms with van der Waals surface area (Å²) in [4.78, 5) is 21.3. The van der Waals surface area contributed by atoms with Crippen molar-refractivity contribution in [3.05, 3.63) is 89.8 Å². The molecule has 0 amide bonds. The van der Waals surface area contributed by atoms with Crippen LogP contribution >= 0.6 is 0 Å². The van der Waals surface area contributed by atoms with E-state index in [1.165, 1.54) is 0 Å². The second-order valence-corrected chi connectivity index (χ2v) is 9.64. The summed E-state index contributed by atoms with van der Waals surface area (Å²) in [6.07, 6.45) is 7.17. The number of aryl methyl sites for hydroxylation is 2. The van der Waals surface area contributed by atoms with E-state index >= 15 is 0 Å². The lowest BCUT2D eigenvalue weighted by atomic mass is 9.94. The molecule has 1 aliphatic rings. The zero-order valence-corrected chi connectivity index (χ0v) is 20.4. The molecule has 7 heteroatoms. The standard InChI is InChI=1S/C29H26N4O3/c1-17-26(19(3)36-32-17)21-14-25-27(31-15-21)23(16-33(25)18(2)24-6-4-5-13-30-24)20-7-9-22(10-8-20)29(11-12-29)28(34)35/h4-10,13-16,18H,11-12H2,1-3H3,(H,34,35)/t18-/m0/s1. The van der Waals surface area contributed by atoms with Gasteiger partial charge in [0.05, 0.1) is 33.9 Å². The molecule has 0 bridgehead atoms. The summed E-state index contributed by atoms with van der Waals surface area (Å²) in [6.45, 7) is 5.97. The molecule has 1 fully saturated rings. The number of hydrogen-bond acceptors (Lipinski definition) is 5. The highest BCUT2D eigenvalue weighted by atomic mass is 16.5. The average molecular weight is 479 g/mol. The predicted molar refractivity (Wildman–Crippen MR) is 137 cm³/mol. The molecule has 4 heterocycles. The monoisotopic (exact) mass is 478 g/mol. The Morgan fingerprint density at radius 2 is 1.86 bits per heavy atom. The summed E-state index contributed by atoms with van der Waals surface area (Å²) in [7, 11) is 0. The number of pyridine rings is 2. The van der Waals surface area contributed by atoms with Crippen LogP contribution in [0.1, 0.15) is 48.5 Å². The van der Waals surface area contributed by atoms with E-state index in [-0.39, 0.29) is 6.04 Å². The second-order valence-electron chi connectivity index (χ2n) is 9.64. The fourth-order valence-electron chi connectivity index (χ4n) is 5.18. The highest BCUT2D eigenvalue weighted by Crippen LogP contribution is 2.49. The number of aromatic nitrogens is 4. The Hall–Kier alpha value is -4.26. The van der Waals surface area contributed by atoms with E-state index in [4.69, 9.17) is 9.51 Å². The number of aliphatic carboxylic acids is 1. The molecule has 5 aromatic rings. The van der Waals surface area contributed by atoms with E-state index in [1.807, 2.05) is 62.5 Å². The van der Waals surface area contributed by atoms with Gasteiger partial charge in [-0.3, -0.25) is 14.8 Å². The van der Waals surface area contributed by atoms with Crippen molar-refractivity contribution in [3.63, 3.8) is 0 Å². The minimum absolute atomic E-state index is 0.0230. The molecular formula is C29H26N4O3. The Bertz CT molecular complexity index is 1580. The van der Waals surface area contributed by atoms with Crippen molar-refractivity contribution in [2.45, 2.75) is 45.1 Å². The zero-order valence-electron chi connectivity index (χ0n) is 20.4. The van der Waals surface area contributed by atoms with Gasteiger partial charge in [0.15, 0.2) is 0 Å². The minimum atomic E-state index is -0.746. The quantitative estimate of drug-likeness (QED) is 0.317. The Morgan fingerprint density at radius 3 is 2.47 bits per heavy atom. The fourth-order valence-corrected chi connectivity index (χ4v) is 5.18. The van der Waals surface area contributed by atoms with Gasteiger partial charge < -0.3 is 14.2 Å². The topological polar surface area (TPSA) is 94.0 Å². The van der Waals surface area contributed by atoms with Gasteiger partial charge in [0.1, 0.15) is 5.76 Å². The minimum Gasteiger partial charge on any atom is -0.481 e. The van der Waals surface area contributed by atoms with E-state index in [0.717, 1.165) is 56.0 Å². The highest BCUT2D eigenvalue weighted by molar-refractivity contribution is 5.95. The highest BCUT2D eigenvalue weighted by Gasteiger charge is 2.51. The Balaban J connectivity index is 1.51. The number of rotatable bonds is 6. The van der Waals surface area contributed by atoms with Crippen LogP contribution in [-0.2, 0) is 10.2 Å². The summed E-state index contributed by atoms with van der Waals surface area (Å²) in [5.74, 6) is 0.0114. The maximum Gasteiger partial charge on any atom is 0.314 e. The summed E-state index contributed by atoms with van der Waals surface area (Å²) in [6, 6.07) is 15.9. The molecule has 0 saturated heterocycles. The summed E-state index contributed by atoms with van der Waals surface area (Å²) in [5, 5.41) is 13.8. The zero-order chi connectivity index (χ0) is 25.0. The van der Waals surface area contributed by atoms with Gasteiger partial charge in [0.25, 0.3) is 0 Å². The van der Waals surface area contributed by atoms with Crippen molar-refractivity contribution in [2.24, 2.45) is 0 Å². The van der Waals surface area contributed by atoms with E-state index in [9.17, 15) is 9.90 Å². The number of carbonyl (C=O) groups is 1. The third kappa shape index (κ3) is 3.42. The molecule has 1 N–H and O–H groups in total. The van der Waals surface area contributed by atoms with Gasteiger partial charge in [0, 0.05) is 35.3 Å². The van der Waals surface area contributed by atoms with Crippen molar-refractivity contribution < 1.29 is 14.4 Å². The van der Waals surface area contributed by atoms with Crippen molar-refractivity contribution in [3.8, 4) is 22.3 Å². The lowest BCUT2D eigenvalue weighted by molar-refractivity contribution is -0.140. The van der Waals surface area contributed by atoms with Crippen LogP contribution in [0.5, 0.6) is 0 Å². The molecule has 4 aromatic heterocycles. The van der Waals surface area contributed by atoms with Gasteiger partial charge in [-0.25, -0.2) is 0 Å². The third-order valence-electron chi connectivity index (χ3n) is 7.43. The van der Waals surface area contributed by atoms with Gasteiger partial charge >= 0.3 is 5.97 Å². The number of benzene rings is 1. The number of carboxylic acid groups (broad SMARTS) is 1. The molecule has 36 heavy (non-hydrogen) atoms. The van der Waals surface area contributed by atoms with E-state index < -0.39 is 11.4 Å². The van der Waals surface area contributed by atoms with Crippen LogP contribution in [0.15, 0.2) is 71.6 Å². The first-order valence-corrected chi connectivity index (χ1v) is 12.1. The van der Waals surface area contributed by atoms with Crippen LogP contribution in [0.3, 0.4) is 0 Å². The van der Waals surface area contributed by atoms with Gasteiger partial charge in [0.2, 0.25) is 0 Å². The molecule has 1 saturated carbocycles. The first-order chi connectivity index (χ1) is 17.4. The van der Waals surface area contributed by atoms with Crippen molar-refractivity contribution >= 4 is 17.0 Å². The Labute approximate surface area is 208 Å². The molecule has 0 aliphatic heterocycles. The maximum atomic E-state index is 11.8. The summed E-state index contributed by atoms with van der Waals surface area (Å²) < 4.78 is 7.61. The average Bonchev–Trinajstić information content (AvgIpc) is 3.54. The van der Waals surface area contributed by atoms with Crippen molar-refractivity contribution in [2.75, 3.05) is 0 Å². The lowest BCUT2D eigenvalue weighted by Gasteiger charge is -2.15. The smallest absolute Gasteiger partial charge is 0.314 e. The summed E-state index contributed by atoms with van der Waals surface area (Å²) >= 11 is 0. The van der Waals surface area contributed by atoms with E-state index in [2.05, 4.69) is 33.9 Å². The summed E-state index contributed by atoms with van der Waals surface area (Å²) in [5.41, 5.74) is 7.67. The van der Waals surface area contributed by atoms with Crippen molar-refractivity contribution in [1.29, 1.82) is 0 Å². The fraction of sp³-hybridized carbons (Fsp3) is 0.241. The molecule has 7 nitrogen and oxygen atoms in total. The molecule has 180 valence electrons. The normalized spacial score (nSPS) is 15.2. The van der Waals surface area contributed by atoms with Crippen LogP contribution in [0.2, 0.25) is 0 Å². The first-order valence-electron chi connectivity index (χ1n) is 12.1. The Kier molecular flexibility index (Phi) is 5.03. The number of nitrogens with zero attached hydrogens (tertiary/aromatic N) is 4. The molecular weight excluding hydrogens is 452 g/mol. The van der Waals surface area contributed by atoms with Gasteiger partial charge in [-0.1, -0.05) is 35.5 Å². The van der Waals surface area contributed by atoms with E-state index in [0.29, 0.717) is 12.8 Å². The third-order valence-corrected chi connectivity index (χ3v) is 7.43. The Morgan fingerprint density at radius 1 is 1.08 bits per heavy atom. The molecule has 0 unspecified atom stereocenters. The van der Waals surface area contributed by atoms with Crippen LogP contribution in [0, 0.1) is 13.8 Å². The first kappa shape index (κ1) is 22.2.